The lowest BCUT2D eigenvalue weighted by Crippen LogP contribution is -2.46. The average molecular weight is 469 g/mol. The van der Waals surface area contributed by atoms with E-state index >= 15 is 4.39 Å². The smallest absolute Gasteiger partial charge is 0.342 e. The molecule has 3 aliphatic rings. The zero-order valence-corrected chi connectivity index (χ0v) is 18.4. The molecule has 0 amide bonds. The summed E-state index contributed by atoms with van der Waals surface area (Å²) in [4.78, 5) is 28.5. The first kappa shape index (κ1) is 20.4. The van der Waals surface area contributed by atoms with E-state index < -0.39 is 17.2 Å². The number of benzene rings is 2. The predicted octanol–water partition coefficient (Wildman–Crippen LogP) is 2.95. The fourth-order valence-electron chi connectivity index (χ4n) is 4.64. The van der Waals surface area contributed by atoms with Crippen molar-refractivity contribution in [3.8, 4) is 11.5 Å². The maximum atomic E-state index is 15.1. The molecular weight excluding hydrogens is 449 g/mol. The molecule has 8 nitrogen and oxygen atoms in total. The van der Waals surface area contributed by atoms with Gasteiger partial charge in [-0.25, -0.2) is 9.18 Å². The molecule has 1 saturated heterocycles. The fourth-order valence-corrected chi connectivity index (χ4v) is 5.59. The van der Waals surface area contributed by atoms with Crippen molar-refractivity contribution in [3.63, 3.8) is 0 Å². The van der Waals surface area contributed by atoms with E-state index in [9.17, 15) is 14.7 Å². The largest absolute Gasteiger partial charge is 0.477 e. The molecular formula is C23H20FN3O5S. The van der Waals surface area contributed by atoms with Crippen molar-refractivity contribution in [2.75, 3.05) is 37.9 Å². The second kappa shape index (κ2) is 7.67. The van der Waals surface area contributed by atoms with Crippen LogP contribution in [0.15, 0.2) is 40.2 Å². The van der Waals surface area contributed by atoms with Gasteiger partial charge in [-0.3, -0.25) is 9.69 Å². The Morgan fingerprint density at radius 1 is 1.09 bits per heavy atom. The second-order valence-electron chi connectivity index (χ2n) is 8.29. The zero-order valence-electron chi connectivity index (χ0n) is 17.5. The van der Waals surface area contributed by atoms with Gasteiger partial charge in [-0.2, -0.15) is 0 Å². The van der Waals surface area contributed by atoms with E-state index in [1.54, 1.807) is 10.6 Å². The van der Waals surface area contributed by atoms with Gasteiger partial charge in [0.2, 0.25) is 12.2 Å². The molecule has 0 saturated carbocycles. The number of fused-ring (bicyclic) bond motifs is 4. The number of hydrogen-bond acceptors (Lipinski definition) is 7. The minimum atomic E-state index is -1.28. The van der Waals surface area contributed by atoms with Crippen LogP contribution in [0, 0.1) is 5.82 Å². The van der Waals surface area contributed by atoms with Gasteiger partial charge < -0.3 is 24.0 Å². The van der Waals surface area contributed by atoms with Crippen LogP contribution in [-0.4, -0.2) is 53.5 Å². The van der Waals surface area contributed by atoms with Gasteiger partial charge in [0.05, 0.1) is 22.1 Å². The summed E-state index contributed by atoms with van der Waals surface area (Å²) in [5.41, 5.74) is 1.25. The number of aromatic carboxylic acids is 1. The Morgan fingerprint density at radius 2 is 1.88 bits per heavy atom. The van der Waals surface area contributed by atoms with Crippen LogP contribution in [0.5, 0.6) is 11.5 Å². The van der Waals surface area contributed by atoms with E-state index in [0.29, 0.717) is 35.2 Å². The van der Waals surface area contributed by atoms with E-state index in [-0.39, 0.29) is 17.7 Å². The lowest BCUT2D eigenvalue weighted by molar-refractivity contribution is 0.0689. The first-order valence-corrected chi connectivity index (χ1v) is 11.6. The van der Waals surface area contributed by atoms with E-state index in [2.05, 4.69) is 4.90 Å². The molecule has 1 N–H and O–H groups in total. The number of carbonyl (C=O) groups is 1. The molecule has 33 heavy (non-hydrogen) atoms. The van der Waals surface area contributed by atoms with Gasteiger partial charge in [-0.05, 0) is 29.8 Å². The van der Waals surface area contributed by atoms with Crippen LogP contribution in [0.3, 0.4) is 0 Å². The maximum absolute atomic E-state index is 15.1. The van der Waals surface area contributed by atoms with Crippen LogP contribution < -0.4 is 19.8 Å². The number of piperazine rings is 1. The number of aromatic nitrogens is 1. The second-order valence-corrected chi connectivity index (χ2v) is 9.22. The van der Waals surface area contributed by atoms with Crippen molar-refractivity contribution in [1.29, 1.82) is 0 Å². The van der Waals surface area contributed by atoms with E-state index in [1.807, 2.05) is 23.1 Å². The Kier molecular flexibility index (Phi) is 4.73. The molecule has 0 aliphatic carbocycles. The molecule has 10 heteroatoms. The fraction of sp³-hybridized carbons (Fsp3) is 0.304. The average Bonchev–Trinajstić information content (AvgIpc) is 3.24. The van der Waals surface area contributed by atoms with Crippen molar-refractivity contribution < 1.29 is 23.8 Å². The number of nitrogens with zero attached hydrogens (tertiary/aromatic N) is 3. The molecule has 6 rings (SSSR count). The summed E-state index contributed by atoms with van der Waals surface area (Å²) in [6, 6.07) is 8.82. The number of anilines is 1. The quantitative estimate of drug-likeness (QED) is 0.625. The molecule has 2 aromatic carbocycles. The first-order chi connectivity index (χ1) is 16.0. The highest BCUT2D eigenvalue weighted by Crippen LogP contribution is 2.38. The summed E-state index contributed by atoms with van der Waals surface area (Å²) in [6.45, 7) is 3.83. The summed E-state index contributed by atoms with van der Waals surface area (Å²) in [7, 11) is 0. The maximum Gasteiger partial charge on any atom is 0.342 e. The van der Waals surface area contributed by atoms with Gasteiger partial charge in [0, 0.05) is 38.1 Å². The first-order valence-electron chi connectivity index (χ1n) is 10.6. The molecule has 1 aromatic heterocycles. The molecule has 0 spiro atoms. The Bertz CT molecular complexity index is 1370. The number of rotatable bonds is 4. The molecule has 3 aliphatic heterocycles. The Hall–Kier alpha value is -3.24. The van der Waals surface area contributed by atoms with Crippen molar-refractivity contribution >= 4 is 34.3 Å². The van der Waals surface area contributed by atoms with Gasteiger partial charge in [0.1, 0.15) is 11.4 Å². The van der Waals surface area contributed by atoms with Crippen LogP contribution in [0.25, 0.3) is 10.9 Å². The molecule has 3 aromatic rings. The van der Waals surface area contributed by atoms with Crippen molar-refractivity contribution in [1.82, 2.24) is 9.47 Å². The highest BCUT2D eigenvalue weighted by Gasteiger charge is 2.29. The van der Waals surface area contributed by atoms with E-state index in [0.717, 1.165) is 36.7 Å². The lowest BCUT2D eigenvalue weighted by Gasteiger charge is -2.36. The summed E-state index contributed by atoms with van der Waals surface area (Å²) in [6.07, 6.45) is 0. The van der Waals surface area contributed by atoms with Crippen LogP contribution in [0.2, 0.25) is 0 Å². The lowest BCUT2D eigenvalue weighted by atomic mass is 10.1. The third-order valence-electron chi connectivity index (χ3n) is 6.39. The molecule has 1 fully saturated rings. The number of pyridine rings is 1. The highest BCUT2D eigenvalue weighted by molar-refractivity contribution is 7.99. The van der Waals surface area contributed by atoms with Crippen LogP contribution >= 0.6 is 11.8 Å². The Balaban J connectivity index is 1.23. The Morgan fingerprint density at radius 3 is 2.61 bits per heavy atom. The third kappa shape index (κ3) is 3.32. The van der Waals surface area contributed by atoms with Gasteiger partial charge >= 0.3 is 5.97 Å². The number of halogens is 1. The monoisotopic (exact) mass is 469 g/mol. The van der Waals surface area contributed by atoms with Crippen LogP contribution in [0.4, 0.5) is 10.1 Å². The molecule has 170 valence electrons. The number of ether oxygens (including phenoxy) is 2. The number of carboxylic acids is 1. The molecule has 0 unspecified atom stereocenters. The summed E-state index contributed by atoms with van der Waals surface area (Å²) >= 11 is 1.32. The zero-order chi connectivity index (χ0) is 22.7. The predicted molar refractivity (Wildman–Crippen MR) is 121 cm³/mol. The number of hydrogen-bond donors (Lipinski definition) is 1. The van der Waals surface area contributed by atoms with Crippen molar-refractivity contribution in [3.05, 3.63) is 57.5 Å². The highest BCUT2D eigenvalue weighted by atomic mass is 32.2. The third-order valence-corrected chi connectivity index (χ3v) is 7.47. The van der Waals surface area contributed by atoms with E-state index in [4.69, 9.17) is 9.47 Å². The summed E-state index contributed by atoms with van der Waals surface area (Å²) in [5, 5.41) is 9.97. The topological polar surface area (TPSA) is 84.2 Å². The van der Waals surface area contributed by atoms with Gasteiger partial charge in [0.15, 0.2) is 11.5 Å². The standard InChI is InChI=1S/C23H20FN3O5S/c24-15-8-14-16(27-11-33-22(27)20(21(14)28)23(29)30)9-17(15)26-5-3-25(4-6-26)10-13-1-2-18-19(7-13)32-12-31-18/h1-2,7-9H,3-6,10-12H2,(H,29,30). The molecule has 0 atom stereocenters. The van der Waals surface area contributed by atoms with Crippen LogP contribution in [0.1, 0.15) is 15.9 Å². The molecule has 0 radical (unpaired) electrons. The minimum absolute atomic E-state index is 0.110. The SMILES string of the molecule is O=C(O)c1c2n(c3cc(N4CCN(Cc5ccc6c(c5)OCO6)CC4)c(F)cc3c1=O)CS2. The van der Waals surface area contributed by atoms with E-state index in [1.165, 1.54) is 17.8 Å². The van der Waals surface area contributed by atoms with Gasteiger partial charge in [-0.15, -0.1) is 0 Å². The van der Waals surface area contributed by atoms with Gasteiger partial charge in [0.25, 0.3) is 0 Å². The Labute approximate surface area is 192 Å². The van der Waals surface area contributed by atoms with Crippen LogP contribution in [-0.2, 0) is 12.4 Å². The van der Waals surface area contributed by atoms with Gasteiger partial charge in [-0.1, -0.05) is 17.8 Å². The number of thioether (sulfide) groups is 1. The minimum Gasteiger partial charge on any atom is -0.477 e. The normalized spacial score (nSPS) is 17.2. The van der Waals surface area contributed by atoms with Crippen molar-refractivity contribution in [2.24, 2.45) is 0 Å². The number of carboxylic acid groups (broad SMARTS) is 1. The molecule has 0 bridgehead atoms. The summed E-state index contributed by atoms with van der Waals surface area (Å²) in [5.74, 6) is 0.286. The van der Waals surface area contributed by atoms with Crippen molar-refractivity contribution in [2.45, 2.75) is 17.4 Å². The summed E-state index contributed by atoms with van der Waals surface area (Å²) < 4.78 is 27.7. The molecule has 4 heterocycles.